The Morgan fingerprint density at radius 2 is 2.28 bits per heavy atom. The zero-order valence-electron chi connectivity index (χ0n) is 10.7. The van der Waals surface area contributed by atoms with Crippen molar-refractivity contribution in [3.63, 3.8) is 0 Å². The summed E-state index contributed by atoms with van der Waals surface area (Å²) in [6.07, 6.45) is 7.23. The number of hydrogen-bond acceptors (Lipinski definition) is 5. The highest BCUT2D eigenvalue weighted by Gasteiger charge is 2.08. The van der Waals surface area contributed by atoms with Crippen molar-refractivity contribution in [2.24, 2.45) is 0 Å². The van der Waals surface area contributed by atoms with E-state index in [2.05, 4.69) is 32.1 Å². The maximum Gasteiger partial charge on any atom is 0.203 e. The average molecular weight is 250 g/mol. The summed E-state index contributed by atoms with van der Waals surface area (Å²) in [6.45, 7) is 4.26. The summed E-state index contributed by atoms with van der Waals surface area (Å²) < 4.78 is 8.98. The van der Waals surface area contributed by atoms with E-state index in [-0.39, 0.29) is 6.04 Å². The van der Waals surface area contributed by atoms with Crippen LogP contribution in [0.4, 0.5) is 5.95 Å². The molecule has 0 saturated heterocycles. The first-order valence-electron chi connectivity index (χ1n) is 5.91. The Balaban J connectivity index is 1.87. The minimum atomic E-state index is 0.256. The molecule has 0 aliphatic heterocycles. The molecule has 18 heavy (non-hydrogen) atoms. The predicted octanol–water partition coefficient (Wildman–Crippen LogP) is 0.794. The number of aromatic nitrogens is 5. The molecule has 2 heterocycles. The van der Waals surface area contributed by atoms with Gasteiger partial charge in [0.25, 0.3) is 0 Å². The number of hydrogen-bond donors (Lipinski definition) is 1. The molecule has 0 aliphatic carbocycles. The first kappa shape index (κ1) is 12.6. The lowest BCUT2D eigenvalue weighted by atomic mass is 10.3. The number of ether oxygens (including phenoxy) is 1. The van der Waals surface area contributed by atoms with Crippen LogP contribution in [0.5, 0.6) is 0 Å². The van der Waals surface area contributed by atoms with Crippen molar-refractivity contribution in [1.82, 2.24) is 24.5 Å². The van der Waals surface area contributed by atoms with E-state index in [9.17, 15) is 0 Å². The highest BCUT2D eigenvalue weighted by molar-refractivity contribution is 5.26. The summed E-state index contributed by atoms with van der Waals surface area (Å²) in [7, 11) is 1.70. The minimum Gasteiger partial charge on any atom is -0.383 e. The predicted molar refractivity (Wildman–Crippen MR) is 67.3 cm³/mol. The monoisotopic (exact) mass is 250 g/mol. The van der Waals surface area contributed by atoms with E-state index in [4.69, 9.17) is 4.74 Å². The summed E-state index contributed by atoms with van der Waals surface area (Å²) in [5.41, 5.74) is 0. The third-order valence-corrected chi connectivity index (χ3v) is 2.65. The fourth-order valence-corrected chi connectivity index (χ4v) is 1.76. The number of nitrogens with one attached hydrogen (secondary N) is 1. The van der Waals surface area contributed by atoms with E-state index < -0.39 is 0 Å². The molecular formula is C11H18N6O. The van der Waals surface area contributed by atoms with Crippen LogP contribution < -0.4 is 5.32 Å². The molecule has 0 spiro atoms. The number of methoxy groups -OCH3 is 1. The van der Waals surface area contributed by atoms with Gasteiger partial charge in [0.05, 0.1) is 25.4 Å². The molecular weight excluding hydrogens is 232 g/mol. The Morgan fingerprint density at radius 3 is 3.00 bits per heavy atom. The van der Waals surface area contributed by atoms with Gasteiger partial charge in [-0.3, -0.25) is 4.68 Å². The first-order chi connectivity index (χ1) is 8.81. The fraction of sp³-hybridized carbons (Fsp3) is 0.545. The normalized spacial score (nSPS) is 12.6. The topological polar surface area (TPSA) is 69.8 Å². The highest BCUT2D eigenvalue weighted by Crippen LogP contribution is 2.13. The molecule has 2 rings (SSSR count). The van der Waals surface area contributed by atoms with Gasteiger partial charge < -0.3 is 14.6 Å². The lowest BCUT2D eigenvalue weighted by Crippen LogP contribution is -2.17. The number of anilines is 1. The molecule has 0 fully saturated rings. The molecule has 0 bridgehead atoms. The summed E-state index contributed by atoms with van der Waals surface area (Å²) in [5, 5.41) is 10.9. The largest absolute Gasteiger partial charge is 0.383 e. The van der Waals surface area contributed by atoms with Gasteiger partial charge in [0, 0.05) is 32.2 Å². The van der Waals surface area contributed by atoms with Crippen molar-refractivity contribution in [2.75, 3.05) is 25.6 Å². The fourth-order valence-electron chi connectivity index (χ4n) is 1.76. The number of nitrogens with zero attached hydrogens (tertiary/aromatic N) is 5. The summed E-state index contributed by atoms with van der Waals surface area (Å²) >= 11 is 0. The maximum absolute atomic E-state index is 5.15. The van der Waals surface area contributed by atoms with E-state index >= 15 is 0 Å². The molecule has 1 atom stereocenters. The molecule has 98 valence electrons. The van der Waals surface area contributed by atoms with Crippen LogP contribution in [0.25, 0.3) is 0 Å². The van der Waals surface area contributed by atoms with Gasteiger partial charge in [0.1, 0.15) is 0 Å². The van der Waals surface area contributed by atoms with E-state index in [1.54, 1.807) is 24.2 Å². The second-order valence-corrected chi connectivity index (χ2v) is 4.06. The Bertz CT molecular complexity index is 452. The number of imidazole rings is 1. The smallest absolute Gasteiger partial charge is 0.203 e. The third-order valence-electron chi connectivity index (χ3n) is 2.65. The van der Waals surface area contributed by atoms with E-state index in [0.717, 1.165) is 19.0 Å². The Morgan fingerprint density at radius 1 is 1.39 bits per heavy atom. The van der Waals surface area contributed by atoms with Crippen molar-refractivity contribution in [1.29, 1.82) is 0 Å². The van der Waals surface area contributed by atoms with E-state index in [0.29, 0.717) is 6.61 Å². The lowest BCUT2D eigenvalue weighted by Gasteiger charge is -2.16. The third kappa shape index (κ3) is 3.07. The lowest BCUT2D eigenvalue weighted by molar-refractivity contribution is 0.163. The van der Waals surface area contributed by atoms with Gasteiger partial charge in [-0.2, -0.15) is 0 Å². The molecule has 0 radical (unpaired) electrons. The van der Waals surface area contributed by atoms with Crippen LogP contribution in [0.3, 0.4) is 0 Å². The van der Waals surface area contributed by atoms with Crippen molar-refractivity contribution in [2.45, 2.75) is 19.5 Å². The van der Waals surface area contributed by atoms with Crippen LogP contribution >= 0.6 is 0 Å². The van der Waals surface area contributed by atoms with Crippen LogP contribution in [-0.2, 0) is 11.3 Å². The van der Waals surface area contributed by atoms with E-state index in [1.165, 1.54) is 0 Å². The van der Waals surface area contributed by atoms with Gasteiger partial charge in [-0.05, 0) is 6.92 Å². The molecule has 2 aromatic heterocycles. The molecule has 0 aromatic carbocycles. The molecule has 1 unspecified atom stereocenters. The Labute approximate surface area is 106 Å². The molecule has 2 aromatic rings. The second kappa shape index (κ2) is 6.15. The molecule has 7 nitrogen and oxygen atoms in total. The van der Waals surface area contributed by atoms with Crippen molar-refractivity contribution < 1.29 is 4.74 Å². The molecule has 7 heteroatoms. The Hall–Kier alpha value is -1.89. The zero-order chi connectivity index (χ0) is 12.8. The van der Waals surface area contributed by atoms with Crippen molar-refractivity contribution in [3.05, 3.63) is 24.8 Å². The number of rotatable bonds is 7. The standard InChI is InChI=1S/C11H18N6O/c1-10(9-18-2)17-8-4-13-11(17)12-3-6-16-7-5-14-15-16/h4-5,7-8,10H,3,6,9H2,1-2H3,(H,12,13). The second-order valence-electron chi connectivity index (χ2n) is 4.06. The summed E-state index contributed by atoms with van der Waals surface area (Å²) in [6, 6.07) is 0.256. The van der Waals surface area contributed by atoms with E-state index in [1.807, 2.05) is 12.4 Å². The van der Waals surface area contributed by atoms with Crippen LogP contribution in [-0.4, -0.2) is 44.8 Å². The first-order valence-corrected chi connectivity index (χ1v) is 5.91. The molecule has 1 N–H and O–H groups in total. The maximum atomic E-state index is 5.15. The summed E-state index contributed by atoms with van der Waals surface area (Å²) in [5.74, 6) is 0.847. The molecule has 0 aliphatic rings. The van der Waals surface area contributed by atoms with Gasteiger partial charge in [-0.25, -0.2) is 4.98 Å². The molecule has 0 amide bonds. The van der Waals surface area contributed by atoms with Crippen LogP contribution in [0.1, 0.15) is 13.0 Å². The van der Waals surface area contributed by atoms with Gasteiger partial charge in [0.2, 0.25) is 5.95 Å². The molecule has 0 saturated carbocycles. The quantitative estimate of drug-likeness (QED) is 0.787. The average Bonchev–Trinajstić information content (AvgIpc) is 3.00. The van der Waals surface area contributed by atoms with Crippen LogP contribution in [0.2, 0.25) is 0 Å². The minimum absolute atomic E-state index is 0.256. The summed E-state index contributed by atoms with van der Waals surface area (Å²) in [4.78, 5) is 4.29. The van der Waals surface area contributed by atoms with Crippen LogP contribution in [0, 0.1) is 0 Å². The van der Waals surface area contributed by atoms with Crippen molar-refractivity contribution in [3.8, 4) is 0 Å². The van der Waals surface area contributed by atoms with Gasteiger partial charge in [-0.15, -0.1) is 5.10 Å². The SMILES string of the molecule is COCC(C)n1ccnc1NCCn1ccnn1. The highest BCUT2D eigenvalue weighted by atomic mass is 16.5. The van der Waals surface area contributed by atoms with Gasteiger partial charge in [0.15, 0.2) is 0 Å². The Kier molecular flexibility index (Phi) is 4.30. The van der Waals surface area contributed by atoms with Gasteiger partial charge >= 0.3 is 0 Å². The van der Waals surface area contributed by atoms with Gasteiger partial charge in [-0.1, -0.05) is 5.21 Å². The van der Waals surface area contributed by atoms with Crippen LogP contribution in [0.15, 0.2) is 24.8 Å². The zero-order valence-corrected chi connectivity index (χ0v) is 10.7. The van der Waals surface area contributed by atoms with Crippen molar-refractivity contribution >= 4 is 5.95 Å².